The smallest absolute Gasteiger partial charge is 0.234 e. The van der Waals surface area contributed by atoms with Crippen LogP contribution in [0.4, 0.5) is 0 Å². The highest BCUT2D eigenvalue weighted by atomic mass is 16.1. The monoisotopic (exact) mass is 170 g/mol. The Bertz CT molecular complexity index is 175. The van der Waals surface area contributed by atoms with Crippen molar-refractivity contribution in [3.63, 3.8) is 0 Å². The maximum atomic E-state index is 10.9. The van der Waals surface area contributed by atoms with Crippen molar-refractivity contribution in [2.75, 3.05) is 33.2 Å². The minimum Gasteiger partial charge on any atom is -0.342 e. The van der Waals surface area contributed by atoms with Gasteiger partial charge in [0.2, 0.25) is 5.91 Å². The van der Waals surface area contributed by atoms with Crippen LogP contribution in [0.5, 0.6) is 0 Å². The number of nitrogens with one attached hydrogen (secondary N) is 1. The second-order valence-electron chi connectivity index (χ2n) is 2.46. The van der Waals surface area contributed by atoms with Crippen LogP contribution in [0.3, 0.4) is 0 Å². The normalized spacial score (nSPS) is 9.50. The molecule has 0 radical (unpaired) electrons. The third-order valence-electron chi connectivity index (χ3n) is 1.29. The van der Waals surface area contributed by atoms with Gasteiger partial charge in [-0.3, -0.25) is 9.69 Å². The van der Waals surface area contributed by atoms with E-state index in [1.54, 1.807) is 11.9 Å². The minimum absolute atomic E-state index is 0.0648. The Kier molecular flexibility index (Phi) is 5.97. The highest BCUT2D eigenvalue weighted by Crippen LogP contribution is 1.78. The summed E-state index contributed by atoms with van der Waals surface area (Å²) in [6.07, 6.45) is 0. The van der Waals surface area contributed by atoms with Gasteiger partial charge in [0.1, 0.15) is 6.54 Å². The van der Waals surface area contributed by atoms with E-state index in [-0.39, 0.29) is 12.5 Å². The molecule has 0 spiro atoms. The van der Waals surface area contributed by atoms with Gasteiger partial charge in [0.05, 0.1) is 12.6 Å². The topological polar surface area (TPSA) is 82.2 Å². The molecule has 0 saturated carbocycles. The van der Waals surface area contributed by atoms with E-state index in [4.69, 9.17) is 11.0 Å². The molecule has 1 amide bonds. The molecule has 0 aliphatic rings. The zero-order chi connectivity index (χ0) is 9.40. The lowest BCUT2D eigenvalue weighted by Crippen LogP contribution is -2.37. The standard InChI is InChI=1S/C7H14N4O/c1-11(5-3-9)6-7(12)10-4-2-8/h3-6,9H2,1H3,(H,10,12). The molecule has 0 fully saturated rings. The summed E-state index contributed by atoms with van der Waals surface area (Å²) in [6.45, 7) is 1.57. The van der Waals surface area contributed by atoms with Crippen LogP contribution < -0.4 is 11.1 Å². The lowest BCUT2D eigenvalue weighted by atomic mass is 10.5. The molecule has 0 saturated heterocycles. The molecule has 68 valence electrons. The van der Waals surface area contributed by atoms with Gasteiger partial charge in [0, 0.05) is 13.1 Å². The highest BCUT2D eigenvalue weighted by molar-refractivity contribution is 5.78. The molecule has 0 atom stereocenters. The largest absolute Gasteiger partial charge is 0.342 e. The van der Waals surface area contributed by atoms with Crippen LogP contribution in [0.25, 0.3) is 0 Å². The fraction of sp³-hybridized carbons (Fsp3) is 0.714. The number of carbonyl (C=O) groups is 1. The van der Waals surface area contributed by atoms with Crippen molar-refractivity contribution in [1.29, 1.82) is 5.26 Å². The quantitative estimate of drug-likeness (QED) is 0.493. The van der Waals surface area contributed by atoms with Crippen LogP contribution in [-0.2, 0) is 4.79 Å². The van der Waals surface area contributed by atoms with Gasteiger partial charge in [-0.15, -0.1) is 0 Å². The first kappa shape index (κ1) is 10.9. The van der Waals surface area contributed by atoms with Crippen LogP contribution in [-0.4, -0.2) is 44.0 Å². The molecular weight excluding hydrogens is 156 g/mol. The lowest BCUT2D eigenvalue weighted by molar-refractivity contribution is -0.121. The van der Waals surface area contributed by atoms with E-state index in [0.29, 0.717) is 19.6 Å². The van der Waals surface area contributed by atoms with E-state index >= 15 is 0 Å². The Balaban J connectivity index is 3.48. The first-order valence-electron chi connectivity index (χ1n) is 3.73. The van der Waals surface area contributed by atoms with Crippen molar-refractivity contribution < 1.29 is 4.79 Å². The van der Waals surface area contributed by atoms with E-state index in [9.17, 15) is 4.79 Å². The van der Waals surface area contributed by atoms with Crippen LogP contribution in [0.15, 0.2) is 0 Å². The number of amides is 1. The second kappa shape index (κ2) is 6.58. The molecule has 0 rings (SSSR count). The Hall–Kier alpha value is -1.12. The summed E-state index contributed by atoms with van der Waals surface area (Å²) in [6, 6.07) is 1.83. The average molecular weight is 170 g/mol. The first-order chi connectivity index (χ1) is 5.70. The van der Waals surface area contributed by atoms with Crippen LogP contribution in [0.2, 0.25) is 0 Å². The van der Waals surface area contributed by atoms with Gasteiger partial charge in [-0.2, -0.15) is 5.26 Å². The summed E-state index contributed by atoms with van der Waals surface area (Å²) in [4.78, 5) is 12.7. The average Bonchev–Trinajstić information content (AvgIpc) is 2.01. The molecular formula is C7H14N4O. The molecule has 0 aromatic carbocycles. The summed E-state index contributed by atoms with van der Waals surface area (Å²) >= 11 is 0. The lowest BCUT2D eigenvalue weighted by Gasteiger charge is -2.13. The maximum Gasteiger partial charge on any atom is 0.234 e. The van der Waals surface area contributed by atoms with Crippen molar-refractivity contribution in [3.05, 3.63) is 0 Å². The van der Waals surface area contributed by atoms with Crippen molar-refractivity contribution >= 4 is 5.91 Å². The van der Waals surface area contributed by atoms with Gasteiger partial charge in [-0.25, -0.2) is 0 Å². The predicted molar refractivity (Wildman–Crippen MR) is 45.2 cm³/mol. The number of nitriles is 1. The number of likely N-dealkylation sites (N-methyl/N-ethyl adjacent to an activating group) is 1. The van der Waals surface area contributed by atoms with Crippen LogP contribution in [0.1, 0.15) is 0 Å². The summed E-state index contributed by atoms with van der Waals surface area (Å²) in [5.74, 6) is -0.146. The van der Waals surface area contributed by atoms with Gasteiger partial charge in [-0.05, 0) is 7.05 Å². The molecule has 0 aromatic heterocycles. The number of hydrogen-bond acceptors (Lipinski definition) is 4. The van der Waals surface area contributed by atoms with Gasteiger partial charge >= 0.3 is 0 Å². The van der Waals surface area contributed by atoms with E-state index in [1.165, 1.54) is 0 Å². The Morgan fingerprint density at radius 3 is 2.92 bits per heavy atom. The SMILES string of the molecule is CN(CCN)CC(=O)NCC#N. The summed E-state index contributed by atoms with van der Waals surface area (Å²) < 4.78 is 0. The molecule has 5 nitrogen and oxygen atoms in total. The number of nitrogens with zero attached hydrogens (tertiary/aromatic N) is 2. The van der Waals surface area contributed by atoms with Gasteiger partial charge in [0.25, 0.3) is 0 Å². The zero-order valence-electron chi connectivity index (χ0n) is 7.21. The highest BCUT2D eigenvalue weighted by Gasteiger charge is 2.03. The van der Waals surface area contributed by atoms with Crippen molar-refractivity contribution in [2.45, 2.75) is 0 Å². The number of carbonyl (C=O) groups excluding carboxylic acids is 1. The van der Waals surface area contributed by atoms with Crippen molar-refractivity contribution in [3.8, 4) is 6.07 Å². The Morgan fingerprint density at radius 2 is 2.42 bits per heavy atom. The fourth-order valence-corrected chi connectivity index (χ4v) is 0.739. The van der Waals surface area contributed by atoms with E-state index in [2.05, 4.69) is 5.32 Å². The number of hydrogen-bond donors (Lipinski definition) is 2. The van der Waals surface area contributed by atoms with Gasteiger partial charge < -0.3 is 11.1 Å². The molecule has 0 bridgehead atoms. The summed E-state index contributed by atoms with van der Waals surface area (Å²) in [7, 11) is 1.80. The Labute approximate surface area is 72.1 Å². The molecule has 12 heavy (non-hydrogen) atoms. The second-order valence-corrected chi connectivity index (χ2v) is 2.46. The minimum atomic E-state index is -0.146. The summed E-state index contributed by atoms with van der Waals surface area (Å²) in [5, 5.41) is 10.6. The maximum absolute atomic E-state index is 10.9. The zero-order valence-corrected chi connectivity index (χ0v) is 7.21. The third-order valence-corrected chi connectivity index (χ3v) is 1.29. The van der Waals surface area contributed by atoms with Crippen molar-refractivity contribution in [1.82, 2.24) is 10.2 Å². The molecule has 3 N–H and O–H groups in total. The van der Waals surface area contributed by atoms with Gasteiger partial charge in [0.15, 0.2) is 0 Å². The van der Waals surface area contributed by atoms with E-state index in [0.717, 1.165) is 0 Å². The molecule has 5 heteroatoms. The molecule has 0 aliphatic heterocycles. The van der Waals surface area contributed by atoms with E-state index < -0.39 is 0 Å². The molecule has 0 aliphatic carbocycles. The van der Waals surface area contributed by atoms with Crippen LogP contribution in [0, 0.1) is 11.3 Å². The molecule has 0 unspecified atom stereocenters. The number of nitrogens with two attached hydrogens (primary N) is 1. The molecule has 0 aromatic rings. The fourth-order valence-electron chi connectivity index (χ4n) is 0.739. The Morgan fingerprint density at radius 1 is 1.75 bits per heavy atom. The third kappa shape index (κ3) is 5.65. The van der Waals surface area contributed by atoms with E-state index in [1.807, 2.05) is 6.07 Å². The number of rotatable bonds is 5. The summed E-state index contributed by atoms with van der Waals surface area (Å²) in [5.41, 5.74) is 5.28. The van der Waals surface area contributed by atoms with Crippen LogP contribution >= 0.6 is 0 Å². The molecule has 0 heterocycles. The van der Waals surface area contributed by atoms with Gasteiger partial charge in [-0.1, -0.05) is 0 Å². The van der Waals surface area contributed by atoms with Crippen molar-refractivity contribution in [2.24, 2.45) is 5.73 Å². The predicted octanol–water partition coefficient (Wildman–Crippen LogP) is -1.48. The first-order valence-corrected chi connectivity index (χ1v) is 3.73.